The van der Waals surface area contributed by atoms with Crippen molar-refractivity contribution in [1.29, 1.82) is 0 Å². The topological polar surface area (TPSA) is 102 Å². The van der Waals surface area contributed by atoms with Gasteiger partial charge in [-0.05, 0) is 36.4 Å². The Balaban J connectivity index is 1.92. The average molecular weight is 491 g/mol. The average Bonchev–Trinajstić information content (AvgIpc) is 2.68. The lowest BCUT2D eigenvalue weighted by Gasteiger charge is -2.26. The smallest absolute Gasteiger partial charge is 0.265 e. The summed E-state index contributed by atoms with van der Waals surface area (Å²) in [6.07, 6.45) is 0. The van der Waals surface area contributed by atoms with Crippen LogP contribution in [0.25, 0.3) is 0 Å². The van der Waals surface area contributed by atoms with Crippen LogP contribution in [-0.2, 0) is 24.8 Å². The van der Waals surface area contributed by atoms with E-state index in [4.69, 9.17) is 9.47 Å². The number of methoxy groups -OCH3 is 1. The predicted molar refractivity (Wildman–Crippen MR) is 108 cm³/mol. The Morgan fingerprint density at radius 3 is 2.46 bits per heavy atom. The van der Waals surface area contributed by atoms with E-state index >= 15 is 0 Å². The molecule has 0 radical (unpaired) electrons. The minimum atomic E-state index is -4.00. The highest BCUT2D eigenvalue weighted by Crippen LogP contribution is 2.29. The summed E-state index contributed by atoms with van der Waals surface area (Å²) < 4.78 is 65.8. The largest absolute Gasteiger partial charge is 0.495 e. The maximum absolute atomic E-state index is 12.8. The fraction of sp³-hybridized carbons (Fsp3) is 0.294. The van der Waals surface area contributed by atoms with Crippen molar-refractivity contribution < 1.29 is 26.3 Å². The number of nitrogens with zero attached hydrogens (tertiary/aromatic N) is 1. The molecular formula is C17H19BrN2O6S2. The van der Waals surface area contributed by atoms with Crippen molar-refractivity contribution in [2.45, 2.75) is 9.79 Å². The number of benzene rings is 2. The van der Waals surface area contributed by atoms with Crippen molar-refractivity contribution in [3.8, 4) is 5.75 Å². The molecule has 1 fully saturated rings. The van der Waals surface area contributed by atoms with Gasteiger partial charge in [0.15, 0.2) is 0 Å². The van der Waals surface area contributed by atoms with Gasteiger partial charge in [0.25, 0.3) is 10.0 Å². The Morgan fingerprint density at radius 2 is 1.79 bits per heavy atom. The van der Waals surface area contributed by atoms with E-state index in [0.29, 0.717) is 17.7 Å². The van der Waals surface area contributed by atoms with E-state index in [1.165, 1.54) is 47.8 Å². The van der Waals surface area contributed by atoms with Gasteiger partial charge >= 0.3 is 0 Å². The molecule has 0 amide bonds. The van der Waals surface area contributed by atoms with Gasteiger partial charge in [0.2, 0.25) is 10.0 Å². The van der Waals surface area contributed by atoms with E-state index in [1.54, 1.807) is 6.07 Å². The molecule has 3 rings (SSSR count). The molecule has 1 aliphatic rings. The summed E-state index contributed by atoms with van der Waals surface area (Å²) >= 11 is 3.24. The molecule has 0 atom stereocenters. The molecule has 2 aromatic carbocycles. The van der Waals surface area contributed by atoms with Crippen LogP contribution in [0.4, 0.5) is 5.69 Å². The predicted octanol–water partition coefficient (Wildman–Crippen LogP) is 2.28. The molecule has 0 aliphatic carbocycles. The minimum Gasteiger partial charge on any atom is -0.495 e. The molecule has 0 saturated carbocycles. The van der Waals surface area contributed by atoms with Crippen molar-refractivity contribution in [1.82, 2.24) is 4.31 Å². The number of rotatable bonds is 6. The molecule has 1 aliphatic heterocycles. The highest BCUT2D eigenvalue weighted by molar-refractivity contribution is 9.10. The van der Waals surface area contributed by atoms with E-state index in [2.05, 4.69) is 20.7 Å². The van der Waals surface area contributed by atoms with E-state index < -0.39 is 20.0 Å². The Labute approximate surface area is 172 Å². The first-order valence-corrected chi connectivity index (χ1v) is 12.0. The van der Waals surface area contributed by atoms with E-state index in [1.807, 2.05) is 0 Å². The number of ether oxygens (including phenoxy) is 2. The lowest BCUT2D eigenvalue weighted by atomic mass is 10.3. The lowest BCUT2D eigenvalue weighted by Crippen LogP contribution is -2.40. The number of halogens is 1. The van der Waals surface area contributed by atoms with Gasteiger partial charge < -0.3 is 9.47 Å². The third-order valence-electron chi connectivity index (χ3n) is 4.11. The number of sulfonamides is 2. The highest BCUT2D eigenvalue weighted by Gasteiger charge is 2.27. The molecule has 1 heterocycles. The molecule has 1 N–H and O–H groups in total. The van der Waals surface area contributed by atoms with Gasteiger partial charge in [-0.1, -0.05) is 22.0 Å². The van der Waals surface area contributed by atoms with E-state index in [9.17, 15) is 16.8 Å². The Kier molecular flexibility index (Phi) is 6.30. The summed E-state index contributed by atoms with van der Waals surface area (Å²) in [5, 5.41) is 0. The van der Waals surface area contributed by atoms with Gasteiger partial charge in [0.1, 0.15) is 10.6 Å². The Hall–Kier alpha value is -1.66. The Morgan fingerprint density at radius 1 is 1.07 bits per heavy atom. The van der Waals surface area contributed by atoms with Crippen LogP contribution in [0.3, 0.4) is 0 Å². The van der Waals surface area contributed by atoms with Crippen molar-refractivity contribution in [2.75, 3.05) is 38.1 Å². The van der Waals surface area contributed by atoms with Crippen LogP contribution in [-0.4, -0.2) is 54.6 Å². The van der Waals surface area contributed by atoms with Crippen LogP contribution in [0.5, 0.6) is 5.75 Å². The second-order valence-electron chi connectivity index (χ2n) is 5.94. The second kappa shape index (κ2) is 8.37. The van der Waals surface area contributed by atoms with Gasteiger partial charge in [-0.15, -0.1) is 0 Å². The second-order valence-corrected chi connectivity index (χ2v) is 10.4. The van der Waals surface area contributed by atoms with Crippen LogP contribution in [0.1, 0.15) is 0 Å². The lowest BCUT2D eigenvalue weighted by molar-refractivity contribution is 0.0730. The monoisotopic (exact) mass is 490 g/mol. The fourth-order valence-corrected chi connectivity index (χ4v) is 5.94. The van der Waals surface area contributed by atoms with Crippen LogP contribution >= 0.6 is 15.9 Å². The van der Waals surface area contributed by atoms with Gasteiger partial charge in [-0.3, -0.25) is 4.72 Å². The van der Waals surface area contributed by atoms with Crippen LogP contribution in [0, 0.1) is 0 Å². The van der Waals surface area contributed by atoms with Crippen molar-refractivity contribution >= 4 is 41.7 Å². The molecule has 2 aromatic rings. The van der Waals surface area contributed by atoms with Gasteiger partial charge in [0.05, 0.1) is 30.9 Å². The van der Waals surface area contributed by atoms with Gasteiger partial charge in [0, 0.05) is 17.6 Å². The molecule has 0 spiro atoms. The highest BCUT2D eigenvalue weighted by atomic mass is 79.9. The maximum atomic E-state index is 12.8. The zero-order valence-electron chi connectivity index (χ0n) is 15.0. The van der Waals surface area contributed by atoms with Crippen LogP contribution < -0.4 is 9.46 Å². The summed E-state index contributed by atoms with van der Waals surface area (Å²) in [4.78, 5) is -0.0541. The summed E-state index contributed by atoms with van der Waals surface area (Å²) in [7, 11) is -6.36. The summed E-state index contributed by atoms with van der Waals surface area (Å²) in [5.74, 6) is 0.174. The van der Waals surface area contributed by atoms with Gasteiger partial charge in [-0.25, -0.2) is 16.8 Å². The van der Waals surface area contributed by atoms with E-state index in [0.717, 1.165) is 0 Å². The molecule has 28 heavy (non-hydrogen) atoms. The zero-order valence-corrected chi connectivity index (χ0v) is 18.2. The van der Waals surface area contributed by atoms with Crippen LogP contribution in [0.2, 0.25) is 0 Å². The molecule has 152 valence electrons. The third-order valence-corrected chi connectivity index (χ3v) is 7.90. The van der Waals surface area contributed by atoms with E-state index in [-0.39, 0.29) is 34.3 Å². The van der Waals surface area contributed by atoms with Gasteiger partial charge in [-0.2, -0.15) is 4.31 Å². The Bertz CT molecular complexity index is 1070. The number of nitrogens with one attached hydrogen (secondary N) is 1. The summed E-state index contributed by atoms with van der Waals surface area (Å²) in [6.45, 7) is 1.17. The van der Waals surface area contributed by atoms with Crippen molar-refractivity contribution in [3.63, 3.8) is 0 Å². The first-order valence-electron chi connectivity index (χ1n) is 8.28. The molecule has 0 aromatic heterocycles. The SMILES string of the molecule is COc1ccc(Br)cc1S(=O)(=O)Nc1cccc(S(=O)(=O)N2CCOCC2)c1. The first kappa shape index (κ1) is 21.1. The molecule has 0 unspecified atom stereocenters. The molecule has 11 heteroatoms. The number of hydrogen-bond donors (Lipinski definition) is 1. The fourth-order valence-electron chi connectivity index (χ4n) is 2.73. The first-order chi connectivity index (χ1) is 13.2. The summed E-state index contributed by atoms with van der Waals surface area (Å²) in [5.41, 5.74) is 0.136. The summed E-state index contributed by atoms with van der Waals surface area (Å²) in [6, 6.07) is 10.3. The molecular weight excluding hydrogens is 472 g/mol. The normalized spacial score (nSPS) is 15.9. The molecule has 1 saturated heterocycles. The standard InChI is InChI=1S/C17H19BrN2O6S2/c1-25-16-6-5-13(18)11-17(16)27(21,22)19-14-3-2-4-15(12-14)28(23,24)20-7-9-26-10-8-20/h2-6,11-12,19H,7-10H2,1H3. The number of hydrogen-bond acceptors (Lipinski definition) is 6. The minimum absolute atomic E-state index is 0.0100. The van der Waals surface area contributed by atoms with Crippen LogP contribution in [0.15, 0.2) is 56.7 Å². The third kappa shape index (κ3) is 4.49. The zero-order chi connectivity index (χ0) is 20.4. The quantitative estimate of drug-likeness (QED) is 0.666. The van der Waals surface area contributed by atoms with Crippen molar-refractivity contribution in [3.05, 3.63) is 46.9 Å². The molecule has 8 nitrogen and oxygen atoms in total. The number of morpholine rings is 1. The molecule has 0 bridgehead atoms. The maximum Gasteiger partial charge on any atom is 0.265 e. The number of anilines is 1. The van der Waals surface area contributed by atoms with Crippen molar-refractivity contribution in [2.24, 2.45) is 0 Å².